The van der Waals surface area contributed by atoms with Gasteiger partial charge in [-0.1, -0.05) is 46.3 Å². The van der Waals surface area contributed by atoms with Gasteiger partial charge >= 0.3 is 0 Å². The molecule has 0 rings (SSSR count). The van der Waals surface area contributed by atoms with E-state index >= 15 is 0 Å². The van der Waals surface area contributed by atoms with Crippen molar-refractivity contribution in [3.05, 3.63) is 25.3 Å². The smallest absolute Gasteiger partial charge is 0.00952 e. The van der Waals surface area contributed by atoms with Crippen LogP contribution in [0, 0.1) is 10.8 Å². The van der Waals surface area contributed by atoms with Crippen LogP contribution in [-0.4, -0.2) is 0 Å². The van der Waals surface area contributed by atoms with Crippen LogP contribution in [0.2, 0.25) is 0 Å². The second-order valence-corrected chi connectivity index (χ2v) is 4.75. The SMILES string of the molecule is C=CCC(C)(C)[C@](C)(C=C)CCC. The van der Waals surface area contributed by atoms with Crippen molar-refractivity contribution in [3.63, 3.8) is 0 Å². The molecule has 0 aromatic carbocycles. The van der Waals surface area contributed by atoms with Crippen LogP contribution < -0.4 is 0 Å². The molecule has 0 saturated carbocycles. The number of allylic oxidation sites excluding steroid dienone is 2. The highest BCUT2D eigenvalue weighted by Crippen LogP contribution is 2.45. The molecule has 0 radical (unpaired) electrons. The van der Waals surface area contributed by atoms with Gasteiger partial charge in [0.1, 0.15) is 0 Å². The molecule has 0 fully saturated rings. The third kappa shape index (κ3) is 2.72. The molecule has 0 spiro atoms. The zero-order chi connectivity index (χ0) is 10.5. The Morgan fingerprint density at radius 1 is 1.15 bits per heavy atom. The molecule has 0 aromatic heterocycles. The molecular weight excluding hydrogens is 156 g/mol. The van der Waals surface area contributed by atoms with Gasteiger partial charge < -0.3 is 0 Å². The van der Waals surface area contributed by atoms with E-state index in [4.69, 9.17) is 0 Å². The van der Waals surface area contributed by atoms with E-state index in [1.807, 2.05) is 6.08 Å². The van der Waals surface area contributed by atoms with Crippen molar-refractivity contribution >= 4 is 0 Å². The Balaban J connectivity index is 4.70. The zero-order valence-corrected chi connectivity index (χ0v) is 9.69. The quantitative estimate of drug-likeness (QED) is 0.525. The molecule has 0 N–H and O–H groups in total. The fourth-order valence-electron chi connectivity index (χ4n) is 1.83. The van der Waals surface area contributed by atoms with Crippen LogP contribution in [0.15, 0.2) is 25.3 Å². The van der Waals surface area contributed by atoms with Gasteiger partial charge in [-0.05, 0) is 23.7 Å². The average Bonchev–Trinajstić information content (AvgIpc) is 2.04. The van der Waals surface area contributed by atoms with Gasteiger partial charge in [-0.2, -0.15) is 0 Å². The topological polar surface area (TPSA) is 0 Å². The van der Waals surface area contributed by atoms with E-state index in [0.29, 0.717) is 0 Å². The van der Waals surface area contributed by atoms with E-state index in [9.17, 15) is 0 Å². The fourth-order valence-corrected chi connectivity index (χ4v) is 1.83. The Bertz CT molecular complexity index is 176. The van der Waals surface area contributed by atoms with Crippen LogP contribution in [0.1, 0.15) is 47.0 Å². The highest BCUT2D eigenvalue weighted by atomic mass is 14.4. The highest BCUT2D eigenvalue weighted by Gasteiger charge is 2.36. The van der Waals surface area contributed by atoms with Gasteiger partial charge in [-0.25, -0.2) is 0 Å². The van der Waals surface area contributed by atoms with Crippen molar-refractivity contribution in [2.75, 3.05) is 0 Å². The van der Waals surface area contributed by atoms with Gasteiger partial charge in [-0.15, -0.1) is 13.2 Å². The molecule has 0 heteroatoms. The lowest BCUT2D eigenvalue weighted by Crippen LogP contribution is -2.32. The van der Waals surface area contributed by atoms with Gasteiger partial charge in [0.2, 0.25) is 0 Å². The monoisotopic (exact) mass is 180 g/mol. The van der Waals surface area contributed by atoms with E-state index in [0.717, 1.165) is 6.42 Å². The molecule has 0 aliphatic rings. The lowest BCUT2D eigenvalue weighted by Gasteiger charge is -2.42. The van der Waals surface area contributed by atoms with Gasteiger partial charge in [0, 0.05) is 0 Å². The third-order valence-corrected chi connectivity index (χ3v) is 3.42. The minimum Gasteiger partial charge on any atom is -0.103 e. The van der Waals surface area contributed by atoms with E-state index in [1.54, 1.807) is 0 Å². The predicted octanol–water partition coefficient (Wildman–Crippen LogP) is 4.58. The maximum Gasteiger partial charge on any atom is -0.00952 e. The summed E-state index contributed by atoms with van der Waals surface area (Å²) >= 11 is 0. The normalized spacial score (nSPS) is 16.3. The molecule has 0 heterocycles. The summed E-state index contributed by atoms with van der Waals surface area (Å²) in [6.07, 6.45) is 7.59. The number of rotatable bonds is 6. The van der Waals surface area contributed by atoms with Crippen LogP contribution in [0.5, 0.6) is 0 Å². The summed E-state index contributed by atoms with van der Waals surface area (Å²) in [5.74, 6) is 0. The Morgan fingerprint density at radius 2 is 1.69 bits per heavy atom. The third-order valence-electron chi connectivity index (χ3n) is 3.42. The lowest BCUT2D eigenvalue weighted by molar-refractivity contribution is 0.134. The number of hydrogen-bond donors (Lipinski definition) is 0. The summed E-state index contributed by atoms with van der Waals surface area (Å²) in [4.78, 5) is 0. The van der Waals surface area contributed by atoms with Crippen LogP contribution >= 0.6 is 0 Å². The Hall–Kier alpha value is -0.520. The van der Waals surface area contributed by atoms with E-state index in [1.165, 1.54) is 12.8 Å². The maximum atomic E-state index is 3.97. The van der Waals surface area contributed by atoms with Crippen LogP contribution in [0.3, 0.4) is 0 Å². The minimum atomic E-state index is 0.232. The second kappa shape index (κ2) is 4.64. The molecule has 0 aromatic rings. The van der Waals surface area contributed by atoms with Crippen molar-refractivity contribution < 1.29 is 0 Å². The first-order valence-electron chi connectivity index (χ1n) is 5.18. The number of hydrogen-bond acceptors (Lipinski definition) is 0. The summed E-state index contributed by atoms with van der Waals surface area (Å²) in [6.45, 7) is 16.9. The van der Waals surface area contributed by atoms with Crippen molar-refractivity contribution in [2.45, 2.75) is 47.0 Å². The van der Waals surface area contributed by atoms with E-state index < -0.39 is 0 Å². The van der Waals surface area contributed by atoms with Crippen LogP contribution in [0.4, 0.5) is 0 Å². The first-order valence-corrected chi connectivity index (χ1v) is 5.18. The highest BCUT2D eigenvalue weighted by molar-refractivity contribution is 5.02. The van der Waals surface area contributed by atoms with E-state index in [-0.39, 0.29) is 10.8 Å². The minimum absolute atomic E-state index is 0.232. The molecule has 13 heavy (non-hydrogen) atoms. The largest absolute Gasteiger partial charge is 0.103 e. The summed E-state index contributed by atoms with van der Waals surface area (Å²) < 4.78 is 0. The average molecular weight is 180 g/mol. The molecular formula is C13H24. The molecule has 0 bridgehead atoms. The van der Waals surface area contributed by atoms with Gasteiger partial charge in [0.15, 0.2) is 0 Å². The Kier molecular flexibility index (Phi) is 4.46. The molecule has 0 nitrogen and oxygen atoms in total. The fraction of sp³-hybridized carbons (Fsp3) is 0.692. The Labute approximate surface area is 83.7 Å². The van der Waals surface area contributed by atoms with Gasteiger partial charge in [0.05, 0.1) is 0 Å². The molecule has 1 atom stereocenters. The van der Waals surface area contributed by atoms with Crippen molar-refractivity contribution in [1.82, 2.24) is 0 Å². The molecule has 0 saturated heterocycles. The van der Waals surface area contributed by atoms with Gasteiger partial charge in [0.25, 0.3) is 0 Å². The summed E-state index contributed by atoms with van der Waals surface area (Å²) in [5.41, 5.74) is 0.502. The predicted molar refractivity (Wildman–Crippen MR) is 61.8 cm³/mol. The van der Waals surface area contributed by atoms with Crippen molar-refractivity contribution in [1.29, 1.82) is 0 Å². The molecule has 0 unspecified atom stereocenters. The zero-order valence-electron chi connectivity index (χ0n) is 9.69. The lowest BCUT2D eigenvalue weighted by atomic mass is 9.63. The van der Waals surface area contributed by atoms with Gasteiger partial charge in [-0.3, -0.25) is 0 Å². The van der Waals surface area contributed by atoms with Crippen LogP contribution in [-0.2, 0) is 0 Å². The summed E-state index contributed by atoms with van der Waals surface area (Å²) in [6, 6.07) is 0. The van der Waals surface area contributed by atoms with Crippen molar-refractivity contribution in [2.24, 2.45) is 10.8 Å². The molecule has 0 amide bonds. The Morgan fingerprint density at radius 3 is 2.00 bits per heavy atom. The first-order chi connectivity index (χ1) is 5.93. The standard InChI is InChI=1S/C13H24/c1-7-10-12(4,5)13(6,9-3)11-8-2/h7,9H,1,3,8,10-11H2,2,4-6H3/t13-/m1/s1. The maximum absolute atomic E-state index is 3.97. The second-order valence-electron chi connectivity index (χ2n) is 4.75. The summed E-state index contributed by atoms with van der Waals surface area (Å²) in [7, 11) is 0. The van der Waals surface area contributed by atoms with E-state index in [2.05, 4.69) is 46.9 Å². The van der Waals surface area contributed by atoms with Crippen LogP contribution in [0.25, 0.3) is 0 Å². The molecule has 76 valence electrons. The molecule has 0 aliphatic carbocycles. The molecule has 0 aliphatic heterocycles. The van der Waals surface area contributed by atoms with Crippen molar-refractivity contribution in [3.8, 4) is 0 Å². The summed E-state index contributed by atoms with van der Waals surface area (Å²) in [5, 5.41) is 0. The first kappa shape index (κ1) is 12.5.